The van der Waals surface area contributed by atoms with Crippen LogP contribution >= 0.6 is 0 Å². The molecule has 2 rings (SSSR count). The van der Waals surface area contributed by atoms with E-state index < -0.39 is 0 Å². The molecule has 0 bridgehead atoms. The maximum atomic E-state index is 5.42. The molecule has 0 radical (unpaired) electrons. The van der Waals surface area contributed by atoms with Gasteiger partial charge in [-0.1, -0.05) is 25.1 Å². The average molecular weight is 205 g/mol. The van der Waals surface area contributed by atoms with Crippen molar-refractivity contribution < 1.29 is 4.74 Å². The standard InChI is InChI=1S/C13H19NO/c1-3-14-10-6-8-12(14)11-7-4-5-9-13(11)15-2/h4-5,7,9,12H,3,6,8,10H2,1-2H3/t12-/m1/s1. The number of methoxy groups -OCH3 is 1. The number of hydrogen-bond acceptors (Lipinski definition) is 2. The summed E-state index contributed by atoms with van der Waals surface area (Å²) in [5.41, 5.74) is 1.35. The Morgan fingerprint density at radius 1 is 1.40 bits per heavy atom. The van der Waals surface area contributed by atoms with Crippen molar-refractivity contribution >= 4 is 0 Å². The van der Waals surface area contributed by atoms with Crippen LogP contribution in [0, 0.1) is 0 Å². The van der Waals surface area contributed by atoms with E-state index >= 15 is 0 Å². The summed E-state index contributed by atoms with van der Waals surface area (Å²) in [4.78, 5) is 2.53. The highest BCUT2D eigenvalue weighted by atomic mass is 16.5. The molecule has 1 aromatic rings. The van der Waals surface area contributed by atoms with Crippen molar-refractivity contribution in [2.45, 2.75) is 25.8 Å². The monoisotopic (exact) mass is 205 g/mol. The highest BCUT2D eigenvalue weighted by molar-refractivity contribution is 5.36. The summed E-state index contributed by atoms with van der Waals surface area (Å²) in [6.45, 7) is 4.58. The minimum absolute atomic E-state index is 0.561. The normalized spacial score (nSPS) is 21.9. The number of para-hydroxylation sites is 1. The second-order valence-corrected chi connectivity index (χ2v) is 4.03. The zero-order valence-corrected chi connectivity index (χ0v) is 9.57. The molecule has 1 aliphatic heterocycles. The largest absolute Gasteiger partial charge is 0.496 e. The van der Waals surface area contributed by atoms with Gasteiger partial charge in [0.25, 0.3) is 0 Å². The van der Waals surface area contributed by atoms with Crippen LogP contribution in [-0.2, 0) is 0 Å². The Kier molecular flexibility index (Phi) is 3.27. The summed E-state index contributed by atoms with van der Waals surface area (Å²) in [7, 11) is 1.75. The van der Waals surface area contributed by atoms with Crippen LogP contribution < -0.4 is 4.74 Å². The van der Waals surface area contributed by atoms with Crippen molar-refractivity contribution in [2.75, 3.05) is 20.2 Å². The van der Waals surface area contributed by atoms with Gasteiger partial charge in [0.05, 0.1) is 7.11 Å². The summed E-state index contributed by atoms with van der Waals surface area (Å²) < 4.78 is 5.42. The minimum Gasteiger partial charge on any atom is -0.496 e. The number of benzene rings is 1. The number of ether oxygens (including phenoxy) is 1. The van der Waals surface area contributed by atoms with E-state index in [1.54, 1.807) is 7.11 Å². The summed E-state index contributed by atoms with van der Waals surface area (Å²) in [5, 5.41) is 0. The van der Waals surface area contributed by atoms with Crippen LogP contribution in [0.2, 0.25) is 0 Å². The molecule has 1 heterocycles. The van der Waals surface area contributed by atoms with Gasteiger partial charge in [-0.15, -0.1) is 0 Å². The van der Waals surface area contributed by atoms with Crippen LogP contribution in [-0.4, -0.2) is 25.1 Å². The van der Waals surface area contributed by atoms with Crippen molar-refractivity contribution in [1.82, 2.24) is 4.90 Å². The van der Waals surface area contributed by atoms with Gasteiger partial charge < -0.3 is 4.74 Å². The van der Waals surface area contributed by atoms with Crippen molar-refractivity contribution in [2.24, 2.45) is 0 Å². The maximum absolute atomic E-state index is 5.42. The molecule has 2 nitrogen and oxygen atoms in total. The van der Waals surface area contributed by atoms with E-state index in [0.717, 1.165) is 12.3 Å². The summed E-state index contributed by atoms with van der Waals surface area (Å²) in [5.74, 6) is 1.03. The van der Waals surface area contributed by atoms with E-state index in [9.17, 15) is 0 Å². The van der Waals surface area contributed by atoms with Gasteiger partial charge in [-0.2, -0.15) is 0 Å². The number of rotatable bonds is 3. The molecular formula is C13H19NO. The molecule has 1 aromatic carbocycles. The Labute approximate surface area is 91.9 Å². The Hall–Kier alpha value is -1.02. The molecule has 0 N–H and O–H groups in total. The molecule has 0 aromatic heterocycles. The average Bonchev–Trinajstić information content (AvgIpc) is 2.76. The van der Waals surface area contributed by atoms with Gasteiger partial charge in [-0.05, 0) is 32.0 Å². The Balaban J connectivity index is 2.27. The molecule has 0 aliphatic carbocycles. The lowest BCUT2D eigenvalue weighted by molar-refractivity contribution is 0.264. The molecule has 1 aliphatic rings. The van der Waals surface area contributed by atoms with Crippen LogP contribution in [0.4, 0.5) is 0 Å². The van der Waals surface area contributed by atoms with Gasteiger partial charge in [0.1, 0.15) is 5.75 Å². The quantitative estimate of drug-likeness (QED) is 0.752. The molecule has 0 unspecified atom stereocenters. The van der Waals surface area contributed by atoms with Crippen molar-refractivity contribution in [3.05, 3.63) is 29.8 Å². The molecule has 0 spiro atoms. The summed E-state index contributed by atoms with van der Waals surface area (Å²) in [6, 6.07) is 8.95. The zero-order chi connectivity index (χ0) is 10.7. The Morgan fingerprint density at radius 2 is 2.20 bits per heavy atom. The predicted octanol–water partition coefficient (Wildman–Crippen LogP) is 2.85. The lowest BCUT2D eigenvalue weighted by atomic mass is 10.0. The van der Waals surface area contributed by atoms with Crippen LogP contribution in [0.1, 0.15) is 31.4 Å². The first kappa shape index (κ1) is 10.5. The maximum Gasteiger partial charge on any atom is 0.123 e. The van der Waals surface area contributed by atoms with Gasteiger partial charge in [0.2, 0.25) is 0 Å². The third-order valence-electron chi connectivity index (χ3n) is 3.27. The third-order valence-corrected chi connectivity index (χ3v) is 3.27. The minimum atomic E-state index is 0.561. The zero-order valence-electron chi connectivity index (χ0n) is 9.57. The van der Waals surface area contributed by atoms with E-state index in [1.807, 2.05) is 6.07 Å². The van der Waals surface area contributed by atoms with E-state index in [4.69, 9.17) is 4.74 Å². The van der Waals surface area contributed by atoms with Crippen molar-refractivity contribution in [1.29, 1.82) is 0 Å². The molecule has 1 fully saturated rings. The van der Waals surface area contributed by atoms with E-state index in [1.165, 1.54) is 24.9 Å². The fourth-order valence-corrected chi connectivity index (χ4v) is 2.50. The van der Waals surface area contributed by atoms with Gasteiger partial charge in [0.15, 0.2) is 0 Å². The van der Waals surface area contributed by atoms with Crippen LogP contribution in [0.15, 0.2) is 24.3 Å². The van der Waals surface area contributed by atoms with Crippen LogP contribution in [0.25, 0.3) is 0 Å². The number of likely N-dealkylation sites (tertiary alicyclic amines) is 1. The van der Waals surface area contributed by atoms with E-state index in [2.05, 4.69) is 30.0 Å². The molecule has 1 atom stereocenters. The number of nitrogens with zero attached hydrogens (tertiary/aromatic N) is 1. The molecule has 15 heavy (non-hydrogen) atoms. The second-order valence-electron chi connectivity index (χ2n) is 4.03. The fraction of sp³-hybridized carbons (Fsp3) is 0.538. The SMILES string of the molecule is CCN1CCC[C@@H]1c1ccccc1OC. The molecule has 82 valence electrons. The smallest absolute Gasteiger partial charge is 0.123 e. The van der Waals surface area contributed by atoms with E-state index in [-0.39, 0.29) is 0 Å². The first-order valence-corrected chi connectivity index (χ1v) is 5.73. The van der Waals surface area contributed by atoms with Crippen LogP contribution in [0.3, 0.4) is 0 Å². The first-order chi connectivity index (χ1) is 7.36. The third kappa shape index (κ3) is 2.00. The molecule has 0 amide bonds. The molecule has 0 saturated carbocycles. The van der Waals surface area contributed by atoms with Crippen LogP contribution in [0.5, 0.6) is 5.75 Å². The van der Waals surface area contributed by atoms with Crippen molar-refractivity contribution in [3.63, 3.8) is 0 Å². The first-order valence-electron chi connectivity index (χ1n) is 5.73. The summed E-state index contributed by atoms with van der Waals surface area (Å²) in [6.07, 6.45) is 2.56. The second kappa shape index (κ2) is 4.67. The lowest BCUT2D eigenvalue weighted by Crippen LogP contribution is -2.22. The number of hydrogen-bond donors (Lipinski definition) is 0. The van der Waals surface area contributed by atoms with Crippen molar-refractivity contribution in [3.8, 4) is 5.75 Å². The predicted molar refractivity (Wildman–Crippen MR) is 62.2 cm³/mol. The van der Waals surface area contributed by atoms with E-state index in [0.29, 0.717) is 6.04 Å². The molecule has 1 saturated heterocycles. The van der Waals surface area contributed by atoms with Gasteiger partial charge >= 0.3 is 0 Å². The molecule has 2 heteroatoms. The van der Waals surface area contributed by atoms with Gasteiger partial charge in [-0.3, -0.25) is 4.90 Å². The van der Waals surface area contributed by atoms with Gasteiger partial charge in [-0.25, -0.2) is 0 Å². The highest BCUT2D eigenvalue weighted by Crippen LogP contribution is 2.36. The van der Waals surface area contributed by atoms with Gasteiger partial charge in [0, 0.05) is 11.6 Å². The fourth-order valence-electron chi connectivity index (χ4n) is 2.50. The lowest BCUT2D eigenvalue weighted by Gasteiger charge is -2.24. The topological polar surface area (TPSA) is 12.5 Å². The highest BCUT2D eigenvalue weighted by Gasteiger charge is 2.26. The Morgan fingerprint density at radius 3 is 2.93 bits per heavy atom. The summed E-state index contributed by atoms with van der Waals surface area (Å²) >= 11 is 0. The molecular weight excluding hydrogens is 186 g/mol. The Bertz CT molecular complexity index is 324.